The van der Waals surface area contributed by atoms with Gasteiger partial charge in [-0.25, -0.2) is 0 Å². The molecule has 0 aromatic heterocycles. The Bertz CT molecular complexity index is 444. The van der Waals surface area contributed by atoms with Gasteiger partial charge in [0, 0.05) is 22.2 Å². The second kappa shape index (κ2) is 8.53. The van der Waals surface area contributed by atoms with Crippen molar-refractivity contribution in [1.29, 1.82) is 0 Å². The number of nitrogens with two attached hydrogens (primary N) is 1. The summed E-state index contributed by atoms with van der Waals surface area (Å²) >= 11 is 7.02. The second-order valence-corrected chi connectivity index (χ2v) is 7.24. The van der Waals surface area contributed by atoms with Gasteiger partial charge in [0.2, 0.25) is 0 Å². The first kappa shape index (κ1) is 17.3. The number of rotatable bonds is 8. The van der Waals surface area contributed by atoms with Crippen molar-refractivity contribution in [2.75, 3.05) is 11.1 Å². The van der Waals surface area contributed by atoms with Crippen molar-refractivity contribution in [3.8, 4) is 0 Å². The lowest BCUT2D eigenvalue weighted by atomic mass is 10.0. The Hall–Kier alpha value is -0.740. The zero-order valence-corrected chi connectivity index (χ0v) is 14.5. The van der Waals surface area contributed by atoms with Crippen molar-refractivity contribution in [2.24, 2.45) is 11.7 Å². The van der Waals surface area contributed by atoms with Crippen LogP contribution in [0.5, 0.6) is 0 Å². The minimum absolute atomic E-state index is 0.423. The van der Waals surface area contributed by atoms with Gasteiger partial charge in [-0.05, 0) is 43.6 Å². The largest absolute Gasteiger partial charge is 0.389 e. The summed E-state index contributed by atoms with van der Waals surface area (Å²) in [5, 5.41) is 3.57. The number of thiocarbonyl (C=S) groups is 1. The first-order valence-electron chi connectivity index (χ1n) is 7.27. The van der Waals surface area contributed by atoms with E-state index in [-0.39, 0.29) is 0 Å². The number of benzene rings is 1. The lowest BCUT2D eigenvalue weighted by Gasteiger charge is -2.20. The molecule has 0 radical (unpaired) electrons. The van der Waals surface area contributed by atoms with E-state index < -0.39 is 0 Å². The van der Waals surface area contributed by atoms with Crippen molar-refractivity contribution >= 4 is 34.7 Å². The van der Waals surface area contributed by atoms with Crippen molar-refractivity contribution in [2.45, 2.75) is 51.5 Å². The Labute approximate surface area is 132 Å². The first-order chi connectivity index (χ1) is 9.45. The Morgan fingerprint density at radius 3 is 2.55 bits per heavy atom. The number of hydrogen-bond acceptors (Lipinski definition) is 3. The zero-order chi connectivity index (χ0) is 15.1. The fourth-order valence-electron chi connectivity index (χ4n) is 2.10. The molecule has 1 aromatic carbocycles. The average Bonchev–Trinajstić information content (AvgIpc) is 2.36. The standard InChI is InChI=1S/C16H26N2S2/c1-5-20-14-8-6-7-13(15(14)16(17)19)18-12(4)10-9-11(2)3/h6-8,11-12,18H,5,9-10H2,1-4H3,(H2,17,19). The van der Waals surface area contributed by atoms with Crippen molar-refractivity contribution < 1.29 is 0 Å². The van der Waals surface area contributed by atoms with Crippen LogP contribution in [-0.4, -0.2) is 16.8 Å². The molecule has 0 aliphatic rings. The van der Waals surface area contributed by atoms with Crippen LogP contribution < -0.4 is 11.1 Å². The van der Waals surface area contributed by atoms with E-state index in [2.05, 4.69) is 51.2 Å². The maximum absolute atomic E-state index is 5.92. The molecule has 0 aliphatic heterocycles. The normalized spacial score (nSPS) is 12.4. The van der Waals surface area contributed by atoms with E-state index in [1.165, 1.54) is 11.3 Å². The van der Waals surface area contributed by atoms with E-state index in [4.69, 9.17) is 18.0 Å². The van der Waals surface area contributed by atoms with E-state index in [9.17, 15) is 0 Å². The van der Waals surface area contributed by atoms with Gasteiger partial charge in [-0.15, -0.1) is 11.8 Å². The molecule has 3 N–H and O–H groups in total. The molecule has 0 heterocycles. The van der Waals surface area contributed by atoms with Crippen molar-refractivity contribution in [3.05, 3.63) is 23.8 Å². The van der Waals surface area contributed by atoms with Crippen LogP contribution in [-0.2, 0) is 0 Å². The van der Waals surface area contributed by atoms with E-state index in [0.29, 0.717) is 11.0 Å². The molecule has 0 aliphatic carbocycles. The molecule has 0 spiro atoms. The third-order valence-corrected chi connectivity index (χ3v) is 4.30. The molecule has 1 unspecified atom stereocenters. The summed E-state index contributed by atoms with van der Waals surface area (Å²) in [5.74, 6) is 1.75. The summed E-state index contributed by atoms with van der Waals surface area (Å²) < 4.78 is 0. The van der Waals surface area contributed by atoms with E-state index in [1.807, 2.05) is 0 Å². The molecule has 0 fully saturated rings. The maximum Gasteiger partial charge on any atom is 0.107 e. The van der Waals surface area contributed by atoms with Gasteiger partial charge < -0.3 is 11.1 Å². The molecule has 0 bridgehead atoms. The van der Waals surface area contributed by atoms with Crippen LogP contribution >= 0.6 is 24.0 Å². The van der Waals surface area contributed by atoms with E-state index in [0.717, 1.165) is 29.3 Å². The predicted molar refractivity (Wildman–Crippen MR) is 95.9 cm³/mol. The Balaban J connectivity index is 2.88. The Kier molecular flexibility index (Phi) is 7.38. The molecule has 2 nitrogen and oxygen atoms in total. The summed E-state index contributed by atoms with van der Waals surface area (Å²) in [6.07, 6.45) is 2.37. The molecular weight excluding hydrogens is 284 g/mol. The van der Waals surface area contributed by atoms with Gasteiger partial charge in [0.1, 0.15) is 4.99 Å². The monoisotopic (exact) mass is 310 g/mol. The fourth-order valence-corrected chi connectivity index (χ4v) is 3.24. The first-order valence-corrected chi connectivity index (χ1v) is 8.67. The predicted octanol–water partition coefficient (Wildman–Crippen LogP) is 4.67. The van der Waals surface area contributed by atoms with E-state index in [1.54, 1.807) is 11.8 Å². The molecule has 0 saturated carbocycles. The highest BCUT2D eigenvalue weighted by molar-refractivity contribution is 7.99. The summed E-state index contributed by atoms with van der Waals surface area (Å²) in [6, 6.07) is 6.65. The highest BCUT2D eigenvalue weighted by Crippen LogP contribution is 2.29. The van der Waals surface area contributed by atoms with E-state index >= 15 is 0 Å². The molecule has 1 rings (SSSR count). The summed E-state index contributed by atoms with van der Waals surface area (Å²) in [7, 11) is 0. The van der Waals surface area contributed by atoms with Gasteiger partial charge in [0.25, 0.3) is 0 Å². The number of hydrogen-bond donors (Lipinski definition) is 2. The third kappa shape index (κ3) is 5.33. The number of anilines is 1. The van der Waals surface area contributed by atoms with Gasteiger partial charge >= 0.3 is 0 Å². The smallest absolute Gasteiger partial charge is 0.107 e. The molecule has 0 amide bonds. The molecule has 1 aromatic rings. The molecular formula is C16H26N2S2. The topological polar surface area (TPSA) is 38.0 Å². The fraction of sp³-hybridized carbons (Fsp3) is 0.562. The second-order valence-electron chi connectivity index (χ2n) is 5.49. The minimum atomic E-state index is 0.423. The summed E-state index contributed by atoms with van der Waals surface area (Å²) in [4.78, 5) is 1.64. The number of nitrogens with one attached hydrogen (secondary N) is 1. The Morgan fingerprint density at radius 1 is 1.30 bits per heavy atom. The van der Waals surface area contributed by atoms with Gasteiger partial charge in [-0.3, -0.25) is 0 Å². The highest BCUT2D eigenvalue weighted by atomic mass is 32.2. The van der Waals surface area contributed by atoms with Crippen LogP contribution in [0, 0.1) is 5.92 Å². The number of thioether (sulfide) groups is 1. The lowest BCUT2D eigenvalue weighted by molar-refractivity contribution is 0.527. The van der Waals surface area contributed by atoms with Gasteiger partial charge in [0.15, 0.2) is 0 Å². The average molecular weight is 311 g/mol. The highest BCUT2D eigenvalue weighted by Gasteiger charge is 2.13. The van der Waals surface area contributed by atoms with Gasteiger partial charge in [0.05, 0.1) is 0 Å². The van der Waals surface area contributed by atoms with Crippen LogP contribution in [0.4, 0.5) is 5.69 Å². The van der Waals surface area contributed by atoms with Crippen LogP contribution in [0.3, 0.4) is 0 Å². The van der Waals surface area contributed by atoms with Crippen LogP contribution in [0.15, 0.2) is 23.1 Å². The summed E-state index contributed by atoms with van der Waals surface area (Å²) in [5.41, 5.74) is 7.98. The summed E-state index contributed by atoms with van der Waals surface area (Å²) in [6.45, 7) is 8.86. The molecule has 112 valence electrons. The molecule has 0 saturated heterocycles. The van der Waals surface area contributed by atoms with Gasteiger partial charge in [-0.2, -0.15) is 0 Å². The minimum Gasteiger partial charge on any atom is -0.389 e. The SMILES string of the molecule is CCSc1cccc(NC(C)CCC(C)C)c1C(N)=S. The molecule has 20 heavy (non-hydrogen) atoms. The van der Waals surface area contributed by atoms with Crippen LogP contribution in [0.1, 0.15) is 46.1 Å². The zero-order valence-electron chi connectivity index (χ0n) is 12.9. The van der Waals surface area contributed by atoms with Gasteiger partial charge in [-0.1, -0.05) is 39.1 Å². The lowest BCUT2D eigenvalue weighted by Crippen LogP contribution is -2.20. The maximum atomic E-state index is 5.92. The third-order valence-electron chi connectivity index (χ3n) is 3.15. The van der Waals surface area contributed by atoms with Crippen LogP contribution in [0.2, 0.25) is 0 Å². The van der Waals surface area contributed by atoms with Crippen molar-refractivity contribution in [3.63, 3.8) is 0 Å². The molecule has 1 atom stereocenters. The van der Waals surface area contributed by atoms with Crippen molar-refractivity contribution in [1.82, 2.24) is 0 Å². The quantitative estimate of drug-likeness (QED) is 0.540. The Morgan fingerprint density at radius 2 is 2.00 bits per heavy atom. The van der Waals surface area contributed by atoms with Crippen LogP contribution in [0.25, 0.3) is 0 Å². The molecule has 4 heteroatoms.